The van der Waals surface area contributed by atoms with E-state index < -0.39 is 27.7 Å². The minimum absolute atomic E-state index is 0.0640. The maximum absolute atomic E-state index is 14.8. The molecule has 12 heteroatoms. The molecule has 2 bridgehead atoms. The number of aromatic nitrogens is 5. The average molecular weight is 701 g/mol. The Morgan fingerprint density at radius 3 is 2.36 bits per heavy atom. The molecule has 4 heterocycles. The molecule has 10 nitrogen and oxygen atoms in total. The fourth-order valence-corrected chi connectivity index (χ4v) is 9.45. The number of hydrogen-bond donors (Lipinski definition) is 2. The van der Waals surface area contributed by atoms with Crippen LogP contribution >= 0.6 is 0 Å². The first-order valence-corrected chi connectivity index (χ1v) is 19.4. The molecule has 0 saturated heterocycles. The second-order valence-corrected chi connectivity index (χ2v) is 16.0. The molecule has 0 aliphatic heterocycles. The molecule has 50 heavy (non-hydrogen) atoms. The Kier molecular flexibility index (Phi) is 9.65. The lowest BCUT2D eigenvalue weighted by Crippen LogP contribution is -2.51. The number of anilines is 1. The molecule has 3 aliphatic rings. The van der Waals surface area contributed by atoms with Crippen LogP contribution in [0.15, 0.2) is 59.9 Å². The summed E-state index contributed by atoms with van der Waals surface area (Å²) in [5, 5.41) is 14.9. The number of nitrogens with zero attached hydrogens (tertiary/aromatic N) is 5. The summed E-state index contributed by atoms with van der Waals surface area (Å²) >= 11 is 0. The molecule has 4 aromatic heterocycles. The number of nitrogens with one attached hydrogen (secondary N) is 1. The highest BCUT2D eigenvalue weighted by Crippen LogP contribution is 2.47. The van der Waals surface area contributed by atoms with Gasteiger partial charge in [-0.3, -0.25) is 4.79 Å². The number of aryl methyl sites for hydroxylation is 2. The fourth-order valence-electron chi connectivity index (χ4n) is 8.12. The van der Waals surface area contributed by atoms with Gasteiger partial charge in [0.15, 0.2) is 11.5 Å². The van der Waals surface area contributed by atoms with Crippen molar-refractivity contribution in [1.82, 2.24) is 23.5 Å². The molecule has 2 unspecified atom stereocenters. The number of carboxylic acid groups (broad SMARTS) is 1. The van der Waals surface area contributed by atoms with Gasteiger partial charge in [-0.2, -0.15) is 0 Å². The van der Waals surface area contributed by atoms with E-state index in [1.165, 1.54) is 56.5 Å². The number of halogens is 1. The van der Waals surface area contributed by atoms with Gasteiger partial charge in [0.05, 0.1) is 22.4 Å². The predicted octanol–water partition coefficient (Wildman–Crippen LogP) is 8.18. The van der Waals surface area contributed by atoms with Crippen LogP contribution in [0.4, 0.5) is 10.2 Å². The van der Waals surface area contributed by atoms with Crippen LogP contribution in [-0.4, -0.2) is 49.0 Å². The van der Waals surface area contributed by atoms with Crippen LogP contribution in [-0.2, 0) is 21.4 Å². The number of pyridine rings is 1. The molecule has 3 aliphatic carbocycles. The first-order valence-electron chi connectivity index (χ1n) is 18.0. The minimum Gasteiger partial charge on any atom is -0.481 e. The molecule has 0 spiro atoms. The highest BCUT2D eigenvalue weighted by atomic mass is 32.2. The van der Waals surface area contributed by atoms with E-state index in [9.17, 15) is 22.7 Å². The summed E-state index contributed by atoms with van der Waals surface area (Å²) in [4.78, 5) is 26.8. The van der Waals surface area contributed by atoms with Crippen molar-refractivity contribution in [3.63, 3.8) is 0 Å². The van der Waals surface area contributed by atoms with Crippen LogP contribution in [0.1, 0.15) is 83.1 Å². The van der Waals surface area contributed by atoms with E-state index in [-0.39, 0.29) is 39.6 Å². The first-order chi connectivity index (χ1) is 24.2. The van der Waals surface area contributed by atoms with Gasteiger partial charge in [0, 0.05) is 35.9 Å². The fraction of sp³-hybridized carbons (Fsp3) is 0.474. The Balaban J connectivity index is 1.33. The van der Waals surface area contributed by atoms with Crippen molar-refractivity contribution < 1.29 is 22.7 Å². The third-order valence-corrected chi connectivity index (χ3v) is 12.5. The van der Waals surface area contributed by atoms with Gasteiger partial charge >= 0.3 is 5.97 Å². The summed E-state index contributed by atoms with van der Waals surface area (Å²) < 4.78 is 45.9. The Labute approximate surface area is 292 Å². The molecular weight excluding hydrogens is 656 g/mol. The van der Waals surface area contributed by atoms with Crippen LogP contribution in [0.3, 0.4) is 0 Å². The number of carbonyl (C=O) groups is 1. The number of fused-ring (bicyclic) bond motifs is 5. The largest absolute Gasteiger partial charge is 0.481 e. The Bertz CT molecular complexity index is 2120. The third-order valence-electron chi connectivity index (χ3n) is 10.8. The van der Waals surface area contributed by atoms with E-state index >= 15 is 0 Å². The lowest BCUT2D eigenvalue weighted by molar-refractivity contribution is -0.148. The summed E-state index contributed by atoms with van der Waals surface area (Å²) in [5.41, 5.74) is 1.95. The lowest BCUT2D eigenvalue weighted by Gasteiger charge is -2.47. The normalized spacial score (nSPS) is 20.5. The smallest absolute Gasteiger partial charge is 0.308 e. The molecule has 3 saturated carbocycles. The SMILES string of the molecule is CCCCCCCCCn1ccc2c(NC3C4CCC(CC4)C3C(=O)O)nc(-c3cn(S(=O)(=O)c4ccc(C)cc4)c4ncc(F)cc34)nc21. The van der Waals surface area contributed by atoms with Gasteiger partial charge in [0.25, 0.3) is 10.0 Å². The molecular formula is C38H45FN6O4S. The van der Waals surface area contributed by atoms with E-state index in [1.807, 2.05) is 19.2 Å². The molecule has 1 aromatic carbocycles. The number of benzene rings is 1. The van der Waals surface area contributed by atoms with Crippen molar-refractivity contribution in [2.24, 2.45) is 17.8 Å². The Hall–Kier alpha value is -4.32. The summed E-state index contributed by atoms with van der Waals surface area (Å²) in [7, 11) is -4.11. The van der Waals surface area contributed by atoms with Crippen LogP contribution in [0.5, 0.6) is 0 Å². The molecule has 2 atom stereocenters. The molecule has 8 rings (SSSR count). The number of carboxylic acids is 1. The standard InChI is InChI=1S/C38H45FN6O4S/c1-3-4-5-6-7-8-9-19-44-20-18-29-34(41-33-26-14-12-25(13-15-26)32(33)38(46)47)42-35(43-37(29)44)31-23-45(36-30(31)21-27(39)22-40-36)50(48,49)28-16-10-24(2)11-17-28/h10-11,16-18,20-23,25-26,32-33H,3-9,12-15,19H2,1-2H3,(H,46,47)(H,41,42,43). The van der Waals surface area contributed by atoms with E-state index in [0.717, 1.165) is 66.2 Å². The highest BCUT2D eigenvalue weighted by Gasteiger charge is 2.47. The first kappa shape index (κ1) is 34.1. The topological polar surface area (TPSA) is 132 Å². The quantitative estimate of drug-likeness (QED) is 0.111. The molecule has 0 amide bonds. The van der Waals surface area contributed by atoms with E-state index in [0.29, 0.717) is 17.0 Å². The summed E-state index contributed by atoms with van der Waals surface area (Å²) in [5.74, 6) is -0.942. The summed E-state index contributed by atoms with van der Waals surface area (Å²) in [6, 6.07) is 9.45. The Morgan fingerprint density at radius 1 is 0.940 bits per heavy atom. The second kappa shape index (κ2) is 14.1. The highest BCUT2D eigenvalue weighted by molar-refractivity contribution is 7.90. The maximum Gasteiger partial charge on any atom is 0.308 e. The monoisotopic (exact) mass is 700 g/mol. The number of hydrogen-bond acceptors (Lipinski definition) is 7. The molecule has 5 aromatic rings. The van der Waals surface area contributed by atoms with Gasteiger partial charge in [0.1, 0.15) is 17.3 Å². The summed E-state index contributed by atoms with van der Waals surface area (Å²) in [6.45, 7) is 4.83. The molecule has 0 radical (unpaired) electrons. The van der Waals surface area contributed by atoms with Gasteiger partial charge in [0.2, 0.25) is 0 Å². The zero-order chi connectivity index (χ0) is 35.0. The minimum atomic E-state index is -4.11. The molecule has 2 N–H and O–H groups in total. The van der Waals surface area contributed by atoms with Gasteiger partial charge < -0.3 is 15.0 Å². The van der Waals surface area contributed by atoms with Crippen molar-refractivity contribution >= 4 is 43.9 Å². The van der Waals surface area contributed by atoms with Crippen LogP contribution < -0.4 is 5.32 Å². The number of rotatable bonds is 14. The van der Waals surface area contributed by atoms with E-state index in [4.69, 9.17) is 9.97 Å². The number of unbranched alkanes of at least 4 members (excludes halogenated alkanes) is 6. The van der Waals surface area contributed by atoms with Crippen molar-refractivity contribution in [2.45, 2.75) is 102 Å². The van der Waals surface area contributed by atoms with Crippen LogP contribution in [0, 0.1) is 30.5 Å². The van der Waals surface area contributed by atoms with Gasteiger partial charge in [-0.15, -0.1) is 0 Å². The second-order valence-electron chi connectivity index (χ2n) is 14.2. The Morgan fingerprint density at radius 2 is 1.64 bits per heavy atom. The molecule has 3 fully saturated rings. The zero-order valence-electron chi connectivity index (χ0n) is 28.7. The van der Waals surface area contributed by atoms with Gasteiger partial charge in [-0.25, -0.2) is 31.7 Å². The lowest BCUT2D eigenvalue weighted by atomic mass is 9.61. The average Bonchev–Trinajstić information content (AvgIpc) is 3.70. The molecule has 264 valence electrons. The maximum atomic E-state index is 14.8. The van der Waals surface area contributed by atoms with E-state index in [2.05, 4.69) is 21.8 Å². The van der Waals surface area contributed by atoms with Crippen molar-refractivity contribution in [3.05, 3.63) is 66.4 Å². The van der Waals surface area contributed by atoms with Gasteiger partial charge in [-0.05, 0) is 75.1 Å². The van der Waals surface area contributed by atoms with Crippen molar-refractivity contribution in [2.75, 3.05) is 5.32 Å². The van der Waals surface area contributed by atoms with Crippen LogP contribution in [0.25, 0.3) is 33.5 Å². The zero-order valence-corrected chi connectivity index (χ0v) is 29.5. The van der Waals surface area contributed by atoms with Crippen LogP contribution in [0.2, 0.25) is 0 Å². The van der Waals surface area contributed by atoms with E-state index in [1.54, 1.807) is 12.1 Å². The summed E-state index contributed by atoms with van der Waals surface area (Å²) in [6.07, 6.45) is 16.3. The number of aliphatic carboxylic acids is 1. The van der Waals surface area contributed by atoms with Crippen molar-refractivity contribution in [1.29, 1.82) is 0 Å². The van der Waals surface area contributed by atoms with Crippen molar-refractivity contribution in [3.8, 4) is 11.4 Å². The van der Waals surface area contributed by atoms with Gasteiger partial charge in [-0.1, -0.05) is 63.1 Å². The third kappa shape index (κ3) is 6.50. The predicted molar refractivity (Wildman–Crippen MR) is 192 cm³/mol.